The molecule has 0 bridgehead atoms. The van der Waals surface area contributed by atoms with Crippen molar-refractivity contribution in [1.29, 1.82) is 0 Å². The second-order valence-electron chi connectivity index (χ2n) is 6.74. The second kappa shape index (κ2) is 7.59. The van der Waals surface area contributed by atoms with E-state index in [-0.39, 0.29) is 11.8 Å². The van der Waals surface area contributed by atoms with Crippen molar-refractivity contribution in [1.82, 2.24) is 15.0 Å². The number of hydrogen-bond acceptors (Lipinski definition) is 5. The van der Waals surface area contributed by atoms with Gasteiger partial charge in [0.2, 0.25) is 5.91 Å². The van der Waals surface area contributed by atoms with E-state index >= 15 is 0 Å². The van der Waals surface area contributed by atoms with E-state index in [0.717, 1.165) is 17.9 Å². The van der Waals surface area contributed by atoms with Gasteiger partial charge in [0.15, 0.2) is 0 Å². The van der Waals surface area contributed by atoms with Crippen LogP contribution in [0.1, 0.15) is 50.3 Å². The molecule has 0 aromatic carbocycles. The third-order valence-corrected chi connectivity index (χ3v) is 4.81. The van der Waals surface area contributed by atoms with Gasteiger partial charge in [-0.25, -0.2) is 4.98 Å². The van der Waals surface area contributed by atoms with Gasteiger partial charge in [-0.15, -0.1) is 0 Å². The van der Waals surface area contributed by atoms with Crippen LogP contribution in [-0.4, -0.2) is 33.4 Å². The van der Waals surface area contributed by atoms with E-state index in [0.29, 0.717) is 17.4 Å². The van der Waals surface area contributed by atoms with Crippen molar-refractivity contribution in [3.05, 3.63) is 42.1 Å². The molecule has 1 fully saturated rings. The Morgan fingerprint density at radius 2 is 2.12 bits per heavy atom. The van der Waals surface area contributed by atoms with Crippen LogP contribution in [-0.2, 0) is 4.79 Å². The summed E-state index contributed by atoms with van der Waals surface area (Å²) in [4.78, 5) is 27.7. The molecule has 2 aromatic heterocycles. The van der Waals surface area contributed by atoms with E-state index in [1.54, 1.807) is 24.8 Å². The van der Waals surface area contributed by atoms with E-state index < -0.39 is 0 Å². The van der Waals surface area contributed by atoms with E-state index in [1.807, 2.05) is 19.9 Å². The lowest BCUT2D eigenvalue weighted by Gasteiger charge is -2.35. The zero-order valence-corrected chi connectivity index (χ0v) is 15.1. The summed E-state index contributed by atoms with van der Waals surface area (Å²) in [5.41, 5.74) is 2.45. The lowest BCUT2D eigenvalue weighted by atomic mass is 10.0. The Labute approximate surface area is 148 Å². The predicted molar refractivity (Wildman–Crippen MR) is 98.7 cm³/mol. The van der Waals surface area contributed by atoms with Gasteiger partial charge in [-0.3, -0.25) is 14.8 Å². The van der Waals surface area contributed by atoms with Gasteiger partial charge in [0.05, 0.1) is 23.5 Å². The van der Waals surface area contributed by atoms with Crippen LogP contribution in [0.25, 0.3) is 0 Å². The zero-order chi connectivity index (χ0) is 17.8. The Morgan fingerprint density at radius 3 is 2.80 bits per heavy atom. The zero-order valence-electron chi connectivity index (χ0n) is 15.1. The molecule has 1 N–H and O–H groups in total. The fourth-order valence-electron chi connectivity index (χ4n) is 3.27. The van der Waals surface area contributed by atoms with Gasteiger partial charge in [0.25, 0.3) is 0 Å². The topological polar surface area (TPSA) is 71.0 Å². The second-order valence-corrected chi connectivity index (χ2v) is 6.74. The Kier molecular flexibility index (Phi) is 5.26. The number of aromatic nitrogens is 3. The highest BCUT2D eigenvalue weighted by molar-refractivity contribution is 5.95. The number of hydrogen-bond donors (Lipinski definition) is 1. The third kappa shape index (κ3) is 3.95. The van der Waals surface area contributed by atoms with Gasteiger partial charge >= 0.3 is 0 Å². The first-order chi connectivity index (χ1) is 12.1. The number of carbonyl (C=O) groups excluding carboxylic acids is 1. The molecule has 2 unspecified atom stereocenters. The number of amides is 1. The highest BCUT2D eigenvalue weighted by Crippen LogP contribution is 2.27. The van der Waals surface area contributed by atoms with E-state index in [9.17, 15) is 4.79 Å². The molecule has 3 heterocycles. The average Bonchev–Trinajstić information content (AvgIpc) is 2.63. The molecule has 3 rings (SSSR count). The van der Waals surface area contributed by atoms with Gasteiger partial charge in [-0.05, 0) is 51.7 Å². The standard InChI is InChI=1S/C19H25N5O/c1-13-10-16(11-22-18(13)24-9-5-4-6-14(24)2)23-19(25)15(3)17-12-20-7-8-21-17/h7-8,10-12,14-15H,4-6,9H2,1-3H3,(H,23,25). The molecule has 1 amide bonds. The summed E-state index contributed by atoms with van der Waals surface area (Å²) in [6.07, 6.45) is 10.3. The highest BCUT2D eigenvalue weighted by Gasteiger charge is 2.22. The summed E-state index contributed by atoms with van der Waals surface area (Å²) in [7, 11) is 0. The van der Waals surface area contributed by atoms with Crippen molar-refractivity contribution in [3.8, 4) is 0 Å². The summed E-state index contributed by atoms with van der Waals surface area (Å²) >= 11 is 0. The maximum absolute atomic E-state index is 12.4. The predicted octanol–water partition coefficient (Wildman–Crippen LogP) is 3.30. The summed E-state index contributed by atoms with van der Waals surface area (Å²) in [5, 5.41) is 2.93. The Hall–Kier alpha value is -2.50. The Morgan fingerprint density at radius 1 is 1.28 bits per heavy atom. The summed E-state index contributed by atoms with van der Waals surface area (Å²) < 4.78 is 0. The fraction of sp³-hybridized carbons (Fsp3) is 0.474. The number of anilines is 2. The fourth-order valence-corrected chi connectivity index (χ4v) is 3.27. The number of carbonyl (C=O) groups is 1. The smallest absolute Gasteiger partial charge is 0.233 e. The molecule has 1 saturated heterocycles. The van der Waals surface area contributed by atoms with Gasteiger partial charge in [-0.1, -0.05) is 0 Å². The van der Waals surface area contributed by atoms with Crippen molar-refractivity contribution < 1.29 is 4.79 Å². The number of aryl methyl sites for hydroxylation is 1. The largest absolute Gasteiger partial charge is 0.354 e. The van der Waals surface area contributed by atoms with Crippen LogP contribution in [0, 0.1) is 6.92 Å². The minimum absolute atomic E-state index is 0.110. The molecule has 2 atom stereocenters. The maximum Gasteiger partial charge on any atom is 0.233 e. The first kappa shape index (κ1) is 17.3. The highest BCUT2D eigenvalue weighted by atomic mass is 16.1. The quantitative estimate of drug-likeness (QED) is 0.925. The number of nitrogens with one attached hydrogen (secondary N) is 1. The van der Waals surface area contributed by atoms with E-state index in [4.69, 9.17) is 0 Å². The first-order valence-corrected chi connectivity index (χ1v) is 8.86. The van der Waals surface area contributed by atoms with Crippen molar-refractivity contribution in [2.75, 3.05) is 16.8 Å². The molecule has 1 aliphatic heterocycles. The molecule has 0 aliphatic carbocycles. The van der Waals surface area contributed by atoms with Crippen molar-refractivity contribution in [2.24, 2.45) is 0 Å². The number of piperidine rings is 1. The third-order valence-electron chi connectivity index (χ3n) is 4.81. The lowest BCUT2D eigenvalue weighted by molar-refractivity contribution is -0.117. The average molecular weight is 339 g/mol. The SMILES string of the molecule is Cc1cc(NC(=O)C(C)c2cnccn2)cnc1N1CCCCC1C. The molecule has 0 spiro atoms. The molecule has 132 valence electrons. The van der Waals surface area contributed by atoms with Crippen LogP contribution in [0.3, 0.4) is 0 Å². The molecular weight excluding hydrogens is 314 g/mol. The summed E-state index contributed by atoms with van der Waals surface area (Å²) in [5.74, 6) is 0.545. The van der Waals surface area contributed by atoms with Gasteiger partial charge < -0.3 is 10.2 Å². The molecule has 2 aromatic rings. The van der Waals surface area contributed by atoms with Gasteiger partial charge in [0.1, 0.15) is 5.82 Å². The number of rotatable bonds is 4. The molecule has 0 radical (unpaired) electrons. The molecule has 6 heteroatoms. The lowest BCUT2D eigenvalue weighted by Crippen LogP contribution is -2.38. The number of nitrogens with zero attached hydrogens (tertiary/aromatic N) is 4. The Bertz CT molecular complexity index is 734. The van der Waals surface area contributed by atoms with E-state index in [2.05, 4.69) is 32.1 Å². The summed E-state index contributed by atoms with van der Waals surface area (Å²) in [6, 6.07) is 2.50. The van der Waals surface area contributed by atoms with Crippen LogP contribution in [0.2, 0.25) is 0 Å². The van der Waals surface area contributed by atoms with Crippen molar-refractivity contribution in [3.63, 3.8) is 0 Å². The normalized spacial score (nSPS) is 18.7. The molecular formula is C19H25N5O. The van der Waals surface area contributed by atoms with Crippen LogP contribution >= 0.6 is 0 Å². The molecule has 1 aliphatic rings. The minimum Gasteiger partial charge on any atom is -0.354 e. The van der Waals surface area contributed by atoms with Crippen LogP contribution in [0.5, 0.6) is 0 Å². The monoisotopic (exact) mass is 339 g/mol. The van der Waals surface area contributed by atoms with E-state index in [1.165, 1.54) is 19.3 Å². The molecule has 25 heavy (non-hydrogen) atoms. The number of pyridine rings is 1. The Balaban J connectivity index is 1.71. The van der Waals surface area contributed by atoms with Crippen LogP contribution < -0.4 is 10.2 Å². The summed E-state index contributed by atoms with van der Waals surface area (Å²) in [6.45, 7) is 7.16. The maximum atomic E-state index is 12.4. The van der Waals surface area contributed by atoms with Gasteiger partial charge in [-0.2, -0.15) is 0 Å². The van der Waals surface area contributed by atoms with Crippen LogP contribution in [0.4, 0.5) is 11.5 Å². The molecule has 0 saturated carbocycles. The minimum atomic E-state index is -0.365. The molecule has 6 nitrogen and oxygen atoms in total. The van der Waals surface area contributed by atoms with Crippen molar-refractivity contribution >= 4 is 17.4 Å². The van der Waals surface area contributed by atoms with Crippen molar-refractivity contribution in [2.45, 2.75) is 52.0 Å². The van der Waals surface area contributed by atoms with Gasteiger partial charge in [0, 0.05) is 31.2 Å². The first-order valence-electron chi connectivity index (χ1n) is 8.86. The van der Waals surface area contributed by atoms with Crippen LogP contribution in [0.15, 0.2) is 30.9 Å².